The minimum absolute atomic E-state index is 0.0571. The number of rotatable bonds is 4. The van der Waals surface area contributed by atoms with Crippen LogP contribution in [-0.2, 0) is 0 Å². The largest absolute Gasteiger partial charge is 0.508 e. The van der Waals surface area contributed by atoms with E-state index in [-0.39, 0.29) is 17.7 Å². The molecule has 0 saturated heterocycles. The van der Waals surface area contributed by atoms with Crippen LogP contribution in [0.1, 0.15) is 34.5 Å². The molecule has 0 radical (unpaired) electrons. The molecular weight excluding hydrogens is 264 g/mol. The molecule has 110 valence electrons. The fourth-order valence-electron chi connectivity index (χ4n) is 2.22. The van der Waals surface area contributed by atoms with E-state index in [1.165, 1.54) is 0 Å². The molecule has 0 fully saturated rings. The summed E-state index contributed by atoms with van der Waals surface area (Å²) in [5.41, 5.74) is 3.62. The Balaban J connectivity index is 2.18. The average Bonchev–Trinajstić information content (AvgIpc) is 2.48. The first-order valence-corrected chi connectivity index (χ1v) is 6.89. The monoisotopic (exact) mass is 284 g/mol. The highest BCUT2D eigenvalue weighted by Crippen LogP contribution is 2.24. The first-order chi connectivity index (χ1) is 10.0. The van der Waals surface area contributed by atoms with Gasteiger partial charge in [-0.3, -0.25) is 4.79 Å². The molecule has 0 saturated carbocycles. The van der Waals surface area contributed by atoms with Crippen LogP contribution in [0.25, 0.3) is 0 Å². The number of phenols is 1. The van der Waals surface area contributed by atoms with Gasteiger partial charge in [-0.25, -0.2) is 0 Å². The summed E-state index contributed by atoms with van der Waals surface area (Å²) >= 11 is 0. The third-order valence-electron chi connectivity index (χ3n) is 3.46. The summed E-state index contributed by atoms with van der Waals surface area (Å²) in [7, 11) is 1.62. The lowest BCUT2D eigenvalue weighted by Gasteiger charge is -2.18. The van der Waals surface area contributed by atoms with Crippen molar-refractivity contribution >= 4 is 11.6 Å². The molecule has 0 bridgehead atoms. The molecule has 1 atom stereocenters. The van der Waals surface area contributed by atoms with E-state index in [2.05, 4.69) is 10.6 Å². The number of carbonyl (C=O) groups excluding carboxylic acids is 1. The van der Waals surface area contributed by atoms with Gasteiger partial charge in [-0.05, 0) is 55.3 Å². The number of carbonyl (C=O) groups is 1. The first-order valence-electron chi connectivity index (χ1n) is 6.89. The SMILES string of the molecule is CNC(=O)c1ccc(NC(C)c2cccc(O)c2)c(C)c1. The zero-order valence-corrected chi connectivity index (χ0v) is 12.5. The highest BCUT2D eigenvalue weighted by Gasteiger charge is 2.10. The van der Waals surface area contributed by atoms with Crippen LogP contribution in [-0.4, -0.2) is 18.1 Å². The molecule has 2 rings (SSSR count). The van der Waals surface area contributed by atoms with Crippen LogP contribution in [0.5, 0.6) is 5.75 Å². The molecule has 0 aliphatic rings. The minimum atomic E-state index is -0.0920. The van der Waals surface area contributed by atoms with Gasteiger partial charge in [0.2, 0.25) is 0 Å². The van der Waals surface area contributed by atoms with Crippen LogP contribution < -0.4 is 10.6 Å². The predicted octanol–water partition coefficient (Wildman–Crippen LogP) is 3.23. The maximum absolute atomic E-state index is 11.6. The van der Waals surface area contributed by atoms with Gasteiger partial charge in [0.1, 0.15) is 5.75 Å². The number of aromatic hydroxyl groups is 1. The van der Waals surface area contributed by atoms with E-state index < -0.39 is 0 Å². The van der Waals surface area contributed by atoms with Crippen LogP contribution in [0, 0.1) is 6.92 Å². The van der Waals surface area contributed by atoms with Gasteiger partial charge < -0.3 is 15.7 Å². The standard InChI is InChI=1S/C17H20N2O2/c1-11-9-14(17(21)18-3)7-8-16(11)19-12(2)13-5-4-6-15(20)10-13/h4-10,12,19-20H,1-3H3,(H,18,21). The lowest BCUT2D eigenvalue weighted by Crippen LogP contribution is -2.18. The van der Waals surface area contributed by atoms with Gasteiger partial charge >= 0.3 is 0 Å². The molecule has 21 heavy (non-hydrogen) atoms. The summed E-state index contributed by atoms with van der Waals surface area (Å²) in [5.74, 6) is 0.165. The van der Waals surface area contributed by atoms with Gasteiger partial charge in [-0.1, -0.05) is 12.1 Å². The number of amides is 1. The molecular formula is C17H20N2O2. The zero-order valence-electron chi connectivity index (χ0n) is 12.5. The van der Waals surface area contributed by atoms with E-state index >= 15 is 0 Å². The summed E-state index contributed by atoms with van der Waals surface area (Å²) < 4.78 is 0. The van der Waals surface area contributed by atoms with Crippen LogP contribution in [0.15, 0.2) is 42.5 Å². The third kappa shape index (κ3) is 3.54. The molecule has 0 aliphatic carbocycles. The van der Waals surface area contributed by atoms with Gasteiger partial charge in [-0.2, -0.15) is 0 Å². The van der Waals surface area contributed by atoms with Gasteiger partial charge in [0, 0.05) is 24.3 Å². The first kappa shape index (κ1) is 14.9. The molecule has 0 aliphatic heterocycles. The van der Waals surface area contributed by atoms with Gasteiger partial charge in [0.05, 0.1) is 0 Å². The Labute approximate surface area is 124 Å². The molecule has 1 amide bonds. The second-order valence-corrected chi connectivity index (χ2v) is 5.07. The summed E-state index contributed by atoms with van der Waals surface area (Å²) in [6, 6.07) is 12.8. The van der Waals surface area contributed by atoms with Crippen molar-refractivity contribution in [2.45, 2.75) is 19.9 Å². The van der Waals surface area contributed by atoms with Crippen LogP contribution >= 0.6 is 0 Å². The molecule has 2 aromatic carbocycles. The van der Waals surface area contributed by atoms with Crippen molar-refractivity contribution in [1.29, 1.82) is 0 Å². The Bertz CT molecular complexity index is 653. The number of nitrogens with one attached hydrogen (secondary N) is 2. The van der Waals surface area contributed by atoms with Crippen LogP contribution in [0.3, 0.4) is 0 Å². The number of benzene rings is 2. The fourth-order valence-corrected chi connectivity index (χ4v) is 2.22. The fraction of sp³-hybridized carbons (Fsp3) is 0.235. The van der Waals surface area contributed by atoms with Crippen molar-refractivity contribution < 1.29 is 9.90 Å². The Hall–Kier alpha value is -2.49. The summed E-state index contributed by atoms with van der Waals surface area (Å²) in [5, 5.41) is 15.5. The molecule has 0 spiro atoms. The maximum Gasteiger partial charge on any atom is 0.251 e. The number of hydrogen-bond donors (Lipinski definition) is 3. The topological polar surface area (TPSA) is 61.4 Å². The summed E-state index contributed by atoms with van der Waals surface area (Å²) in [6.07, 6.45) is 0. The average molecular weight is 284 g/mol. The normalized spacial score (nSPS) is 11.8. The number of phenolic OH excluding ortho intramolecular Hbond substituents is 1. The Morgan fingerprint density at radius 1 is 1.19 bits per heavy atom. The van der Waals surface area contributed by atoms with Crippen LogP contribution in [0.4, 0.5) is 5.69 Å². The van der Waals surface area contributed by atoms with E-state index in [9.17, 15) is 9.90 Å². The van der Waals surface area contributed by atoms with E-state index in [1.807, 2.05) is 38.1 Å². The van der Waals surface area contributed by atoms with Crippen molar-refractivity contribution in [3.8, 4) is 5.75 Å². The molecule has 0 aromatic heterocycles. The van der Waals surface area contributed by atoms with Crippen molar-refractivity contribution in [2.75, 3.05) is 12.4 Å². The lowest BCUT2D eigenvalue weighted by molar-refractivity contribution is 0.0963. The van der Waals surface area contributed by atoms with Gasteiger partial charge in [0.15, 0.2) is 0 Å². The Morgan fingerprint density at radius 2 is 1.95 bits per heavy atom. The second kappa shape index (κ2) is 6.31. The highest BCUT2D eigenvalue weighted by atomic mass is 16.3. The smallest absolute Gasteiger partial charge is 0.251 e. The number of hydrogen-bond acceptors (Lipinski definition) is 3. The molecule has 1 unspecified atom stereocenters. The van der Waals surface area contributed by atoms with E-state index in [0.29, 0.717) is 5.56 Å². The third-order valence-corrected chi connectivity index (χ3v) is 3.46. The molecule has 2 aromatic rings. The minimum Gasteiger partial charge on any atom is -0.508 e. The van der Waals surface area contributed by atoms with E-state index in [1.54, 1.807) is 25.2 Å². The Morgan fingerprint density at radius 3 is 2.57 bits per heavy atom. The molecule has 4 heteroatoms. The molecule has 3 N–H and O–H groups in total. The second-order valence-electron chi connectivity index (χ2n) is 5.07. The molecule has 0 heterocycles. The quantitative estimate of drug-likeness (QED) is 0.807. The van der Waals surface area contributed by atoms with Crippen molar-refractivity contribution in [3.63, 3.8) is 0 Å². The van der Waals surface area contributed by atoms with E-state index in [4.69, 9.17) is 0 Å². The lowest BCUT2D eigenvalue weighted by atomic mass is 10.1. The van der Waals surface area contributed by atoms with Crippen molar-refractivity contribution in [2.24, 2.45) is 0 Å². The maximum atomic E-state index is 11.6. The summed E-state index contributed by atoms with van der Waals surface area (Å²) in [4.78, 5) is 11.6. The molecule has 4 nitrogen and oxygen atoms in total. The van der Waals surface area contributed by atoms with Gasteiger partial charge in [-0.15, -0.1) is 0 Å². The number of anilines is 1. The van der Waals surface area contributed by atoms with Crippen LogP contribution in [0.2, 0.25) is 0 Å². The highest BCUT2D eigenvalue weighted by molar-refractivity contribution is 5.94. The predicted molar refractivity (Wildman–Crippen MR) is 84.7 cm³/mol. The Kier molecular flexibility index (Phi) is 4.48. The zero-order chi connectivity index (χ0) is 15.4. The van der Waals surface area contributed by atoms with E-state index in [0.717, 1.165) is 16.8 Å². The number of aryl methyl sites for hydroxylation is 1. The summed E-state index contributed by atoms with van der Waals surface area (Å²) in [6.45, 7) is 3.99. The van der Waals surface area contributed by atoms with Gasteiger partial charge in [0.25, 0.3) is 5.91 Å². The van der Waals surface area contributed by atoms with Crippen molar-refractivity contribution in [3.05, 3.63) is 59.2 Å². The van der Waals surface area contributed by atoms with Crippen molar-refractivity contribution in [1.82, 2.24) is 5.32 Å².